The smallest absolute Gasteiger partial charge is 0.410 e. The highest BCUT2D eigenvalue weighted by Crippen LogP contribution is 2.19. The fraction of sp³-hybridized carbons (Fsp3) is 0.500. The normalized spacial score (nSPS) is 17.9. The van der Waals surface area contributed by atoms with Gasteiger partial charge in [-0.05, 0) is 51.1 Å². The lowest BCUT2D eigenvalue weighted by Gasteiger charge is -2.39. The number of amides is 1. The van der Waals surface area contributed by atoms with Gasteiger partial charge in [-0.2, -0.15) is 5.10 Å². The van der Waals surface area contributed by atoms with E-state index in [1.54, 1.807) is 12.0 Å². The summed E-state index contributed by atoms with van der Waals surface area (Å²) in [4.78, 5) is 21.0. The summed E-state index contributed by atoms with van der Waals surface area (Å²) in [6.07, 6.45) is 1.69. The number of hydrogen-bond donors (Lipinski definition) is 1. The van der Waals surface area contributed by atoms with Gasteiger partial charge in [-0.15, -0.1) is 24.0 Å². The molecule has 0 spiro atoms. The van der Waals surface area contributed by atoms with Crippen molar-refractivity contribution < 1.29 is 14.3 Å². The molecule has 3 heterocycles. The van der Waals surface area contributed by atoms with E-state index < -0.39 is 5.60 Å². The van der Waals surface area contributed by atoms with Crippen LogP contribution in [-0.4, -0.2) is 76.6 Å². The number of halogens is 1. The zero-order valence-corrected chi connectivity index (χ0v) is 21.3. The number of benzene rings is 1. The van der Waals surface area contributed by atoms with E-state index in [-0.39, 0.29) is 36.1 Å². The summed E-state index contributed by atoms with van der Waals surface area (Å²) in [5.74, 6) is 1.69. The first-order chi connectivity index (χ1) is 14.8. The third-order valence-corrected chi connectivity index (χ3v) is 5.27. The molecule has 1 N–H and O–H groups in total. The van der Waals surface area contributed by atoms with Crippen molar-refractivity contribution in [1.29, 1.82) is 0 Å². The van der Waals surface area contributed by atoms with E-state index in [9.17, 15) is 4.79 Å². The van der Waals surface area contributed by atoms with Gasteiger partial charge < -0.3 is 24.6 Å². The first-order valence-corrected chi connectivity index (χ1v) is 10.5. The monoisotopic (exact) mass is 554 g/mol. The van der Waals surface area contributed by atoms with Crippen LogP contribution in [0, 0.1) is 0 Å². The number of fused-ring (bicyclic) bond motifs is 1. The van der Waals surface area contributed by atoms with Crippen LogP contribution in [0.25, 0.3) is 5.69 Å². The molecule has 4 rings (SSSR count). The first-order valence-electron chi connectivity index (χ1n) is 10.5. The minimum atomic E-state index is -0.484. The molecule has 174 valence electrons. The van der Waals surface area contributed by atoms with Crippen molar-refractivity contribution in [2.45, 2.75) is 39.0 Å². The van der Waals surface area contributed by atoms with Crippen LogP contribution in [0.15, 0.2) is 41.5 Å². The molecule has 2 aliphatic heterocycles. The summed E-state index contributed by atoms with van der Waals surface area (Å²) >= 11 is 0. The summed E-state index contributed by atoms with van der Waals surface area (Å²) in [7, 11) is 1.65. The number of aromatic nitrogens is 2. The molecule has 2 aliphatic rings. The maximum absolute atomic E-state index is 12.4. The summed E-state index contributed by atoms with van der Waals surface area (Å²) in [5.41, 5.74) is 1.42. The molecule has 1 aromatic heterocycles. The number of carbonyl (C=O) groups is 1. The van der Waals surface area contributed by atoms with Gasteiger partial charge in [0, 0.05) is 25.8 Å². The molecule has 1 saturated heterocycles. The highest BCUT2D eigenvalue weighted by molar-refractivity contribution is 14.0. The van der Waals surface area contributed by atoms with Gasteiger partial charge in [0.25, 0.3) is 0 Å². The van der Waals surface area contributed by atoms with E-state index in [0.717, 1.165) is 29.6 Å². The minimum absolute atomic E-state index is 0. The molecule has 1 unspecified atom stereocenters. The largest absolute Gasteiger partial charge is 0.497 e. The third-order valence-electron chi connectivity index (χ3n) is 5.27. The SMILES string of the molecule is COc1ccc(-n2ccc(CNC3=NCC4CN(C(=O)OC(C)(C)C)CCN34)n2)cc1.I. The fourth-order valence-electron chi connectivity index (χ4n) is 3.73. The number of guanidine groups is 1. The van der Waals surface area contributed by atoms with Crippen LogP contribution in [0.5, 0.6) is 5.75 Å². The maximum Gasteiger partial charge on any atom is 0.410 e. The number of nitrogens with zero attached hydrogens (tertiary/aromatic N) is 5. The van der Waals surface area contributed by atoms with Gasteiger partial charge >= 0.3 is 6.09 Å². The molecule has 0 aliphatic carbocycles. The molecule has 1 fully saturated rings. The van der Waals surface area contributed by atoms with E-state index in [2.05, 4.69) is 20.3 Å². The van der Waals surface area contributed by atoms with Crippen LogP contribution in [0.1, 0.15) is 26.5 Å². The lowest BCUT2D eigenvalue weighted by atomic mass is 10.2. The lowest BCUT2D eigenvalue weighted by Crippen LogP contribution is -2.57. The number of hydrogen-bond acceptors (Lipinski definition) is 7. The van der Waals surface area contributed by atoms with Crippen molar-refractivity contribution in [3.63, 3.8) is 0 Å². The second-order valence-corrected chi connectivity index (χ2v) is 8.74. The Morgan fingerprint density at radius 1 is 1.19 bits per heavy atom. The van der Waals surface area contributed by atoms with Gasteiger partial charge in [0.15, 0.2) is 5.96 Å². The van der Waals surface area contributed by atoms with E-state index in [4.69, 9.17) is 9.47 Å². The highest BCUT2D eigenvalue weighted by Gasteiger charge is 2.36. The standard InChI is InChI=1S/C22H30N6O3.HI/c1-22(2,3)31-21(29)26-11-12-27-18(15-26)14-24-20(27)23-13-16-9-10-28(25-16)17-5-7-19(30-4)8-6-17;/h5-10,18H,11-15H2,1-4H3,(H,23,24);1H. The molecule has 0 radical (unpaired) electrons. The Balaban J connectivity index is 0.00000289. The Bertz CT molecular complexity index is 953. The van der Waals surface area contributed by atoms with Crippen LogP contribution in [0.3, 0.4) is 0 Å². The zero-order valence-electron chi connectivity index (χ0n) is 18.9. The number of methoxy groups -OCH3 is 1. The number of piperazine rings is 1. The lowest BCUT2D eigenvalue weighted by molar-refractivity contribution is 0.0137. The maximum atomic E-state index is 12.4. The van der Waals surface area contributed by atoms with Gasteiger partial charge in [0.05, 0.1) is 37.6 Å². The van der Waals surface area contributed by atoms with E-state index in [1.807, 2.05) is 62.0 Å². The average Bonchev–Trinajstić information content (AvgIpc) is 3.37. The Morgan fingerprint density at radius 3 is 2.62 bits per heavy atom. The van der Waals surface area contributed by atoms with Crippen molar-refractivity contribution >= 4 is 36.0 Å². The first kappa shape index (κ1) is 24.1. The summed E-state index contributed by atoms with van der Waals surface area (Å²) in [5, 5.41) is 8.05. The highest BCUT2D eigenvalue weighted by atomic mass is 127. The quantitative estimate of drug-likeness (QED) is 0.586. The molecule has 0 saturated carbocycles. The molecule has 9 nitrogen and oxygen atoms in total. The van der Waals surface area contributed by atoms with E-state index >= 15 is 0 Å². The summed E-state index contributed by atoms with van der Waals surface area (Å²) < 4.78 is 12.6. The molecule has 0 bridgehead atoms. The van der Waals surface area contributed by atoms with Crippen molar-refractivity contribution in [3.8, 4) is 11.4 Å². The molecule has 10 heteroatoms. The molecule has 32 heavy (non-hydrogen) atoms. The number of ether oxygens (including phenoxy) is 2. The van der Waals surface area contributed by atoms with Crippen molar-refractivity contribution in [2.75, 3.05) is 33.3 Å². The Morgan fingerprint density at radius 2 is 1.94 bits per heavy atom. The zero-order chi connectivity index (χ0) is 22.0. The van der Waals surface area contributed by atoms with Crippen LogP contribution in [0.4, 0.5) is 4.79 Å². The topological polar surface area (TPSA) is 84.2 Å². The van der Waals surface area contributed by atoms with Gasteiger partial charge in [-0.1, -0.05) is 0 Å². The molecular weight excluding hydrogens is 523 g/mol. The van der Waals surface area contributed by atoms with Gasteiger partial charge in [-0.25, -0.2) is 9.48 Å². The summed E-state index contributed by atoms with van der Waals surface area (Å²) in [6.45, 7) is 8.89. The third kappa shape index (κ3) is 5.64. The van der Waals surface area contributed by atoms with Crippen LogP contribution < -0.4 is 10.1 Å². The second kappa shape index (κ2) is 9.97. The number of nitrogens with one attached hydrogen (secondary N) is 1. The predicted molar refractivity (Wildman–Crippen MR) is 133 cm³/mol. The molecule has 1 atom stereocenters. The second-order valence-electron chi connectivity index (χ2n) is 8.74. The van der Waals surface area contributed by atoms with E-state index in [0.29, 0.717) is 26.2 Å². The number of carbonyl (C=O) groups excluding carboxylic acids is 1. The van der Waals surface area contributed by atoms with Gasteiger partial charge in [0.2, 0.25) is 0 Å². The van der Waals surface area contributed by atoms with Crippen LogP contribution in [-0.2, 0) is 11.3 Å². The predicted octanol–water partition coefficient (Wildman–Crippen LogP) is 2.88. The van der Waals surface area contributed by atoms with Crippen molar-refractivity contribution in [3.05, 3.63) is 42.2 Å². The molecule has 1 aromatic carbocycles. The van der Waals surface area contributed by atoms with Crippen molar-refractivity contribution in [1.82, 2.24) is 24.9 Å². The van der Waals surface area contributed by atoms with Crippen molar-refractivity contribution in [2.24, 2.45) is 4.99 Å². The molecular formula is C22H31IN6O3. The Hall–Kier alpha value is -2.50. The number of aliphatic imine (C=N–C) groups is 1. The minimum Gasteiger partial charge on any atom is -0.497 e. The fourth-order valence-corrected chi connectivity index (χ4v) is 3.73. The summed E-state index contributed by atoms with van der Waals surface area (Å²) in [6, 6.07) is 9.95. The molecule has 2 aromatic rings. The Kier molecular flexibility index (Phi) is 7.52. The van der Waals surface area contributed by atoms with Crippen LogP contribution >= 0.6 is 24.0 Å². The Labute approximate surface area is 205 Å². The number of rotatable bonds is 4. The van der Waals surface area contributed by atoms with Crippen LogP contribution in [0.2, 0.25) is 0 Å². The van der Waals surface area contributed by atoms with E-state index in [1.165, 1.54) is 0 Å². The van der Waals surface area contributed by atoms with Gasteiger partial charge in [-0.3, -0.25) is 4.99 Å². The average molecular weight is 554 g/mol. The molecule has 1 amide bonds. The van der Waals surface area contributed by atoms with Gasteiger partial charge in [0.1, 0.15) is 11.4 Å².